The fourth-order valence-electron chi connectivity index (χ4n) is 2.92. The van der Waals surface area contributed by atoms with Crippen molar-refractivity contribution in [2.45, 2.75) is 20.1 Å². The molecular weight excluding hydrogens is 418 g/mol. The molecule has 4 rings (SSSR count). The van der Waals surface area contributed by atoms with Gasteiger partial charge in [0.15, 0.2) is 11.5 Å². The maximum atomic E-state index is 12.3. The Labute approximate surface area is 183 Å². The van der Waals surface area contributed by atoms with Crippen LogP contribution in [0.3, 0.4) is 0 Å². The normalized spacial score (nSPS) is 10.8. The van der Waals surface area contributed by atoms with Gasteiger partial charge in [0.05, 0.1) is 26.0 Å². The molecule has 0 fully saturated rings. The summed E-state index contributed by atoms with van der Waals surface area (Å²) in [5.41, 5.74) is 1.56. The largest absolute Gasteiger partial charge is 0.493 e. The number of hydrogen-bond acceptors (Lipinski definition) is 8. The lowest BCUT2D eigenvalue weighted by molar-refractivity contribution is 0.0429. The van der Waals surface area contributed by atoms with Gasteiger partial charge in [-0.2, -0.15) is 5.10 Å². The number of ether oxygens (including phenoxy) is 3. The highest BCUT2D eigenvalue weighted by Gasteiger charge is 2.15. The maximum absolute atomic E-state index is 12.3. The summed E-state index contributed by atoms with van der Waals surface area (Å²) in [4.78, 5) is 16.9. The average Bonchev–Trinajstić information content (AvgIpc) is 3.55. The SMILES string of the molecule is CCOc1ccc(-c2nc(COC(=O)c3ccc(Cn4cccn4)o3)cs2)cc1OC. The standard InChI is InChI=1S/C22H21N3O5S/c1-3-28-18-7-5-15(11-20(18)27-2)21-24-16(14-31-21)13-29-22(26)19-8-6-17(30-19)12-25-10-4-9-23-25/h4-11,14H,3,12-13H2,1-2H3. The van der Waals surface area contributed by atoms with Crippen LogP contribution < -0.4 is 9.47 Å². The molecule has 0 saturated carbocycles. The third-order valence-electron chi connectivity index (χ3n) is 4.35. The number of carbonyl (C=O) groups excluding carboxylic acids is 1. The summed E-state index contributed by atoms with van der Waals surface area (Å²) in [6.07, 6.45) is 3.50. The Morgan fingerprint density at radius 1 is 1.23 bits per heavy atom. The van der Waals surface area contributed by atoms with Crippen LogP contribution >= 0.6 is 11.3 Å². The lowest BCUT2D eigenvalue weighted by Crippen LogP contribution is -2.04. The molecule has 0 radical (unpaired) electrons. The number of rotatable bonds is 9. The van der Waals surface area contributed by atoms with E-state index in [4.69, 9.17) is 18.6 Å². The van der Waals surface area contributed by atoms with Crippen molar-refractivity contribution in [1.82, 2.24) is 14.8 Å². The Hall–Kier alpha value is -3.59. The van der Waals surface area contributed by atoms with E-state index in [2.05, 4.69) is 10.1 Å². The second-order valence-electron chi connectivity index (χ2n) is 6.49. The number of hydrogen-bond donors (Lipinski definition) is 0. The molecule has 8 nitrogen and oxygen atoms in total. The maximum Gasteiger partial charge on any atom is 0.374 e. The molecule has 3 heterocycles. The van der Waals surface area contributed by atoms with Crippen LogP contribution in [-0.2, 0) is 17.9 Å². The van der Waals surface area contributed by atoms with Crippen molar-refractivity contribution in [3.05, 3.63) is 71.4 Å². The predicted molar refractivity (Wildman–Crippen MR) is 114 cm³/mol. The molecule has 1 aromatic carbocycles. The first-order chi connectivity index (χ1) is 15.2. The van der Waals surface area contributed by atoms with Crippen LogP contribution in [-0.4, -0.2) is 34.5 Å². The third kappa shape index (κ3) is 4.95. The monoisotopic (exact) mass is 439 g/mol. The van der Waals surface area contributed by atoms with Crippen molar-refractivity contribution in [3.63, 3.8) is 0 Å². The van der Waals surface area contributed by atoms with Crippen molar-refractivity contribution in [2.75, 3.05) is 13.7 Å². The molecule has 0 bridgehead atoms. The van der Waals surface area contributed by atoms with Crippen LogP contribution in [0.5, 0.6) is 11.5 Å². The second kappa shape index (κ2) is 9.48. The van der Waals surface area contributed by atoms with Gasteiger partial charge in [-0.05, 0) is 43.3 Å². The predicted octanol–water partition coefficient (Wildman–Crippen LogP) is 4.41. The first-order valence-corrected chi connectivity index (χ1v) is 10.5. The molecule has 31 heavy (non-hydrogen) atoms. The summed E-state index contributed by atoms with van der Waals surface area (Å²) in [5.74, 6) is 1.56. The number of esters is 1. The van der Waals surface area contributed by atoms with Crippen molar-refractivity contribution >= 4 is 17.3 Å². The van der Waals surface area contributed by atoms with E-state index in [9.17, 15) is 4.79 Å². The number of methoxy groups -OCH3 is 1. The van der Waals surface area contributed by atoms with Crippen LogP contribution in [0.25, 0.3) is 10.6 Å². The quantitative estimate of drug-likeness (QED) is 0.357. The van der Waals surface area contributed by atoms with Crippen LogP contribution in [0.4, 0.5) is 0 Å². The van der Waals surface area contributed by atoms with Crippen LogP contribution in [0.1, 0.15) is 28.9 Å². The van der Waals surface area contributed by atoms with Gasteiger partial charge in [0, 0.05) is 23.3 Å². The Kier molecular flexibility index (Phi) is 6.32. The molecule has 4 aromatic rings. The molecule has 0 atom stereocenters. The van der Waals surface area contributed by atoms with Gasteiger partial charge >= 0.3 is 5.97 Å². The van der Waals surface area contributed by atoms with Crippen molar-refractivity contribution in [1.29, 1.82) is 0 Å². The van der Waals surface area contributed by atoms with Crippen molar-refractivity contribution in [3.8, 4) is 22.1 Å². The topological polar surface area (TPSA) is 88.6 Å². The second-order valence-corrected chi connectivity index (χ2v) is 7.35. The van der Waals surface area contributed by atoms with Gasteiger partial charge in [-0.25, -0.2) is 9.78 Å². The Balaban J connectivity index is 1.37. The van der Waals surface area contributed by atoms with E-state index in [-0.39, 0.29) is 12.4 Å². The van der Waals surface area contributed by atoms with Gasteiger partial charge in [0.25, 0.3) is 0 Å². The van der Waals surface area contributed by atoms with Gasteiger partial charge < -0.3 is 18.6 Å². The average molecular weight is 439 g/mol. The summed E-state index contributed by atoms with van der Waals surface area (Å²) in [6.45, 7) is 2.98. The first kappa shape index (κ1) is 20.7. The summed E-state index contributed by atoms with van der Waals surface area (Å²) >= 11 is 1.46. The summed E-state index contributed by atoms with van der Waals surface area (Å²) in [6, 6.07) is 10.8. The number of carbonyl (C=O) groups is 1. The molecule has 0 aliphatic heterocycles. The molecule has 9 heteroatoms. The minimum Gasteiger partial charge on any atom is -0.493 e. The Bertz CT molecular complexity index is 1150. The number of thiazole rings is 1. The fraction of sp³-hybridized carbons (Fsp3) is 0.227. The Morgan fingerprint density at radius 3 is 2.90 bits per heavy atom. The van der Waals surface area contributed by atoms with E-state index >= 15 is 0 Å². The summed E-state index contributed by atoms with van der Waals surface area (Å²) in [5, 5.41) is 6.77. The lowest BCUT2D eigenvalue weighted by atomic mass is 10.2. The highest BCUT2D eigenvalue weighted by molar-refractivity contribution is 7.13. The van der Waals surface area contributed by atoms with Crippen LogP contribution in [0, 0.1) is 0 Å². The zero-order valence-electron chi connectivity index (χ0n) is 17.1. The van der Waals surface area contributed by atoms with Gasteiger partial charge in [-0.1, -0.05) is 0 Å². The molecule has 160 valence electrons. The molecule has 0 aliphatic rings. The van der Waals surface area contributed by atoms with E-state index in [1.54, 1.807) is 30.1 Å². The molecule has 0 spiro atoms. The minimum atomic E-state index is -0.538. The van der Waals surface area contributed by atoms with Crippen LogP contribution in [0.15, 0.2) is 58.6 Å². The number of benzene rings is 1. The summed E-state index contributed by atoms with van der Waals surface area (Å²) in [7, 11) is 1.60. The van der Waals surface area contributed by atoms with Gasteiger partial charge in [0.2, 0.25) is 5.76 Å². The van der Waals surface area contributed by atoms with Crippen molar-refractivity contribution in [2.24, 2.45) is 0 Å². The lowest BCUT2D eigenvalue weighted by Gasteiger charge is -2.09. The summed E-state index contributed by atoms with van der Waals surface area (Å²) < 4.78 is 23.6. The van der Waals surface area contributed by atoms with Crippen LogP contribution in [0.2, 0.25) is 0 Å². The highest BCUT2D eigenvalue weighted by atomic mass is 32.1. The van der Waals surface area contributed by atoms with E-state index in [1.807, 2.05) is 42.8 Å². The van der Waals surface area contributed by atoms with Crippen molar-refractivity contribution < 1.29 is 23.4 Å². The first-order valence-electron chi connectivity index (χ1n) is 9.65. The molecule has 0 amide bonds. The molecular formula is C22H21N3O5S. The number of aromatic nitrogens is 3. The Morgan fingerprint density at radius 2 is 2.13 bits per heavy atom. The zero-order chi connectivity index (χ0) is 21.6. The smallest absolute Gasteiger partial charge is 0.374 e. The van der Waals surface area contributed by atoms with E-state index < -0.39 is 5.97 Å². The minimum absolute atomic E-state index is 0.0543. The molecule has 3 aromatic heterocycles. The van der Waals surface area contributed by atoms with E-state index in [0.717, 1.165) is 10.6 Å². The van der Waals surface area contributed by atoms with Gasteiger partial charge in [-0.15, -0.1) is 11.3 Å². The van der Waals surface area contributed by atoms with E-state index in [1.165, 1.54) is 11.3 Å². The molecule has 0 N–H and O–H groups in total. The third-order valence-corrected chi connectivity index (χ3v) is 5.29. The number of furan rings is 1. The molecule has 0 saturated heterocycles. The zero-order valence-corrected chi connectivity index (χ0v) is 17.9. The molecule has 0 unspecified atom stereocenters. The molecule has 0 aliphatic carbocycles. The van der Waals surface area contributed by atoms with E-state index in [0.29, 0.717) is 36.1 Å². The highest BCUT2D eigenvalue weighted by Crippen LogP contribution is 2.33. The van der Waals surface area contributed by atoms with Gasteiger partial charge in [0.1, 0.15) is 17.4 Å². The number of nitrogens with zero attached hydrogens (tertiary/aromatic N) is 3. The fourth-order valence-corrected chi connectivity index (χ4v) is 3.72. The van der Waals surface area contributed by atoms with Gasteiger partial charge in [-0.3, -0.25) is 4.68 Å².